The normalized spacial score (nSPS) is 10.4. The Hall–Kier alpha value is -2.55. The minimum Gasteiger partial charge on any atom is -0.289 e. The van der Waals surface area contributed by atoms with Crippen LogP contribution in [0.5, 0.6) is 0 Å². The molecule has 18 heavy (non-hydrogen) atoms. The van der Waals surface area contributed by atoms with Gasteiger partial charge in [0, 0.05) is 11.1 Å². The zero-order chi connectivity index (χ0) is 12.8. The monoisotopic (exact) mass is 236 g/mol. The number of rotatable bonds is 4. The highest BCUT2D eigenvalue weighted by Crippen LogP contribution is 2.19. The first-order valence-electron chi connectivity index (χ1n) is 5.55. The van der Waals surface area contributed by atoms with Crippen LogP contribution in [0.25, 0.3) is 6.08 Å². The van der Waals surface area contributed by atoms with Crippen LogP contribution in [0, 0.1) is 5.53 Å². The summed E-state index contributed by atoms with van der Waals surface area (Å²) in [5.74, 6) is -0.0598. The molecule has 0 atom stereocenters. The Bertz CT molecular complexity index is 588. The van der Waals surface area contributed by atoms with Crippen LogP contribution in [-0.4, -0.2) is 5.78 Å². The van der Waals surface area contributed by atoms with E-state index in [-0.39, 0.29) is 5.78 Å². The van der Waals surface area contributed by atoms with Crippen molar-refractivity contribution in [3.63, 3.8) is 0 Å². The second-order valence-corrected chi connectivity index (χ2v) is 3.73. The van der Waals surface area contributed by atoms with E-state index >= 15 is 0 Å². The molecule has 0 spiro atoms. The van der Waals surface area contributed by atoms with Gasteiger partial charge in [0.2, 0.25) is 0 Å². The fraction of sp³-hybridized carbons (Fsp3) is 0. The van der Waals surface area contributed by atoms with E-state index in [2.05, 4.69) is 5.11 Å². The standard InChI is InChI=1S/C15H12N2O/c16-17-14-9-5-4-6-12(14)10-11-15(18)13-7-2-1-3-8-13/h1-11,16H. The van der Waals surface area contributed by atoms with Gasteiger partial charge in [-0.2, -0.15) is 5.11 Å². The molecule has 3 heteroatoms. The number of carbonyl (C=O) groups excluding carboxylic acids is 1. The van der Waals surface area contributed by atoms with E-state index in [9.17, 15) is 4.79 Å². The van der Waals surface area contributed by atoms with E-state index < -0.39 is 0 Å². The number of allylic oxidation sites excluding steroid dienone is 1. The lowest BCUT2D eigenvalue weighted by Crippen LogP contribution is -1.92. The second kappa shape index (κ2) is 5.68. The first-order chi connectivity index (χ1) is 8.81. The Morgan fingerprint density at radius 1 is 1.00 bits per heavy atom. The third kappa shape index (κ3) is 2.77. The molecule has 2 rings (SSSR count). The molecule has 0 unspecified atom stereocenters. The number of para-hydroxylation sites is 1. The molecular weight excluding hydrogens is 224 g/mol. The van der Waals surface area contributed by atoms with Crippen LogP contribution in [0.1, 0.15) is 15.9 Å². The molecule has 0 aliphatic heterocycles. The van der Waals surface area contributed by atoms with Crippen molar-refractivity contribution in [2.45, 2.75) is 0 Å². The number of hydrogen-bond acceptors (Lipinski definition) is 3. The molecule has 0 radical (unpaired) electrons. The fourth-order valence-electron chi connectivity index (χ4n) is 1.59. The molecule has 0 bridgehead atoms. The Balaban J connectivity index is 2.21. The molecule has 0 amide bonds. The van der Waals surface area contributed by atoms with Crippen molar-refractivity contribution < 1.29 is 4.79 Å². The number of hydrogen-bond donors (Lipinski definition) is 1. The summed E-state index contributed by atoms with van der Waals surface area (Å²) in [5, 5.41) is 3.41. The third-order valence-electron chi connectivity index (χ3n) is 2.53. The second-order valence-electron chi connectivity index (χ2n) is 3.73. The summed E-state index contributed by atoms with van der Waals surface area (Å²) in [7, 11) is 0. The van der Waals surface area contributed by atoms with Gasteiger partial charge in [-0.3, -0.25) is 4.79 Å². The highest BCUT2D eigenvalue weighted by Gasteiger charge is 2.01. The SMILES string of the molecule is N=Nc1ccccc1C=CC(=O)c1ccccc1. The predicted octanol–water partition coefficient (Wildman–Crippen LogP) is 4.25. The Labute approximate surface area is 105 Å². The highest BCUT2D eigenvalue weighted by molar-refractivity contribution is 6.07. The Kier molecular flexibility index (Phi) is 3.76. The summed E-state index contributed by atoms with van der Waals surface area (Å²) in [4.78, 5) is 11.9. The van der Waals surface area contributed by atoms with Crippen molar-refractivity contribution in [1.29, 1.82) is 5.53 Å². The summed E-state index contributed by atoms with van der Waals surface area (Å²) in [6.45, 7) is 0. The number of carbonyl (C=O) groups is 1. The topological polar surface area (TPSA) is 53.3 Å². The number of benzene rings is 2. The first kappa shape index (κ1) is 11.9. The van der Waals surface area contributed by atoms with Gasteiger partial charge in [-0.25, -0.2) is 5.53 Å². The minimum absolute atomic E-state index is 0.0598. The van der Waals surface area contributed by atoms with E-state index in [1.165, 1.54) is 6.08 Å². The summed E-state index contributed by atoms with van der Waals surface area (Å²) in [6.07, 6.45) is 3.18. The van der Waals surface area contributed by atoms with Gasteiger partial charge in [0.1, 0.15) is 0 Å². The maximum absolute atomic E-state index is 11.9. The maximum Gasteiger partial charge on any atom is 0.185 e. The third-order valence-corrected chi connectivity index (χ3v) is 2.53. The van der Waals surface area contributed by atoms with Gasteiger partial charge in [0.25, 0.3) is 0 Å². The van der Waals surface area contributed by atoms with Crippen LogP contribution < -0.4 is 0 Å². The van der Waals surface area contributed by atoms with Crippen molar-refractivity contribution in [3.05, 3.63) is 71.8 Å². The number of nitrogens with one attached hydrogen (secondary N) is 1. The van der Waals surface area contributed by atoms with Crippen LogP contribution in [0.2, 0.25) is 0 Å². The maximum atomic E-state index is 11.9. The molecule has 0 heterocycles. The summed E-state index contributed by atoms with van der Waals surface area (Å²) < 4.78 is 0. The largest absolute Gasteiger partial charge is 0.289 e. The van der Waals surface area contributed by atoms with Crippen molar-refractivity contribution in [1.82, 2.24) is 0 Å². The first-order valence-corrected chi connectivity index (χ1v) is 5.55. The van der Waals surface area contributed by atoms with Crippen molar-refractivity contribution in [2.24, 2.45) is 5.11 Å². The highest BCUT2D eigenvalue weighted by atomic mass is 16.1. The molecule has 2 aromatic rings. The molecule has 3 nitrogen and oxygen atoms in total. The quantitative estimate of drug-likeness (QED) is 0.481. The zero-order valence-electron chi connectivity index (χ0n) is 9.71. The fourth-order valence-corrected chi connectivity index (χ4v) is 1.59. The van der Waals surface area contributed by atoms with E-state index in [1.807, 2.05) is 36.4 Å². The molecule has 1 N–H and O–H groups in total. The lowest BCUT2D eigenvalue weighted by atomic mass is 10.1. The van der Waals surface area contributed by atoms with Gasteiger partial charge < -0.3 is 0 Å². The molecule has 0 fully saturated rings. The van der Waals surface area contributed by atoms with Crippen LogP contribution in [0.4, 0.5) is 5.69 Å². The molecular formula is C15H12N2O. The average molecular weight is 236 g/mol. The van der Waals surface area contributed by atoms with Crippen molar-refractivity contribution in [2.75, 3.05) is 0 Å². The average Bonchev–Trinajstić information content (AvgIpc) is 2.46. The van der Waals surface area contributed by atoms with Gasteiger partial charge in [-0.15, -0.1) is 0 Å². The molecule has 0 aliphatic carbocycles. The minimum atomic E-state index is -0.0598. The Morgan fingerprint density at radius 2 is 1.67 bits per heavy atom. The van der Waals surface area contributed by atoms with Crippen LogP contribution >= 0.6 is 0 Å². The molecule has 0 aliphatic rings. The molecule has 0 saturated heterocycles. The van der Waals surface area contributed by atoms with Gasteiger partial charge >= 0.3 is 0 Å². The zero-order valence-corrected chi connectivity index (χ0v) is 9.71. The van der Waals surface area contributed by atoms with Gasteiger partial charge in [0.05, 0.1) is 5.69 Å². The van der Waals surface area contributed by atoms with Crippen LogP contribution in [0.3, 0.4) is 0 Å². The van der Waals surface area contributed by atoms with E-state index in [0.717, 1.165) is 5.56 Å². The van der Waals surface area contributed by atoms with Gasteiger partial charge in [0.15, 0.2) is 5.78 Å². The van der Waals surface area contributed by atoms with Gasteiger partial charge in [-0.1, -0.05) is 48.5 Å². The predicted molar refractivity (Wildman–Crippen MR) is 71.1 cm³/mol. The lowest BCUT2D eigenvalue weighted by molar-refractivity contribution is 0.104. The number of nitrogens with zero attached hydrogens (tertiary/aromatic N) is 1. The molecule has 0 saturated carbocycles. The molecule has 2 aromatic carbocycles. The van der Waals surface area contributed by atoms with E-state index in [0.29, 0.717) is 11.3 Å². The lowest BCUT2D eigenvalue weighted by Gasteiger charge is -1.98. The van der Waals surface area contributed by atoms with E-state index in [1.54, 1.807) is 24.3 Å². The molecule has 88 valence electrons. The molecule has 0 aromatic heterocycles. The van der Waals surface area contributed by atoms with Crippen molar-refractivity contribution in [3.8, 4) is 0 Å². The summed E-state index contributed by atoms with van der Waals surface area (Å²) in [6, 6.07) is 16.3. The summed E-state index contributed by atoms with van der Waals surface area (Å²) in [5.41, 5.74) is 9.00. The van der Waals surface area contributed by atoms with Crippen LogP contribution in [0.15, 0.2) is 65.8 Å². The Morgan fingerprint density at radius 3 is 2.39 bits per heavy atom. The van der Waals surface area contributed by atoms with E-state index in [4.69, 9.17) is 5.53 Å². The smallest absolute Gasteiger partial charge is 0.185 e. The van der Waals surface area contributed by atoms with Gasteiger partial charge in [-0.05, 0) is 18.2 Å². The summed E-state index contributed by atoms with van der Waals surface area (Å²) >= 11 is 0. The van der Waals surface area contributed by atoms with Crippen LogP contribution in [-0.2, 0) is 0 Å². The number of ketones is 1. The van der Waals surface area contributed by atoms with Crippen molar-refractivity contribution >= 4 is 17.5 Å².